The Labute approximate surface area is 146 Å². The Balaban J connectivity index is 1.76. The lowest BCUT2D eigenvalue weighted by atomic mass is 10.1. The summed E-state index contributed by atoms with van der Waals surface area (Å²) in [6.07, 6.45) is 0. The second-order valence-corrected chi connectivity index (χ2v) is 5.51. The van der Waals surface area contributed by atoms with Crippen molar-refractivity contribution in [3.05, 3.63) is 71.8 Å². The van der Waals surface area contributed by atoms with Gasteiger partial charge in [-0.05, 0) is 41.5 Å². The summed E-state index contributed by atoms with van der Waals surface area (Å²) in [7, 11) is 1.54. The van der Waals surface area contributed by atoms with Crippen molar-refractivity contribution in [3.8, 4) is 11.5 Å². The van der Waals surface area contributed by atoms with Gasteiger partial charge in [0.1, 0.15) is 6.61 Å². The van der Waals surface area contributed by atoms with Crippen LogP contribution in [-0.4, -0.2) is 19.7 Å². The molecule has 0 fully saturated rings. The maximum Gasteiger partial charge on any atom is 0.338 e. The first kappa shape index (κ1) is 16.8. The Morgan fingerprint density at radius 1 is 0.960 bits per heavy atom. The van der Waals surface area contributed by atoms with Crippen LogP contribution in [0.25, 0.3) is 10.8 Å². The minimum atomic E-state index is -0.394. The third-order valence-electron chi connectivity index (χ3n) is 3.94. The highest BCUT2D eigenvalue weighted by Crippen LogP contribution is 2.28. The molecule has 0 aliphatic carbocycles. The van der Waals surface area contributed by atoms with Crippen LogP contribution in [0, 0.1) is 0 Å². The fraction of sp³-hybridized carbons (Fsp3) is 0.190. The zero-order chi connectivity index (χ0) is 17.6. The van der Waals surface area contributed by atoms with E-state index in [0.717, 1.165) is 16.3 Å². The molecule has 0 saturated heterocycles. The van der Waals surface area contributed by atoms with Gasteiger partial charge in [-0.15, -0.1) is 0 Å². The van der Waals surface area contributed by atoms with E-state index in [-0.39, 0.29) is 6.61 Å². The van der Waals surface area contributed by atoms with Crippen molar-refractivity contribution >= 4 is 16.7 Å². The smallest absolute Gasteiger partial charge is 0.338 e. The zero-order valence-electron chi connectivity index (χ0n) is 14.3. The van der Waals surface area contributed by atoms with Crippen molar-refractivity contribution in [2.75, 3.05) is 13.7 Å². The highest BCUT2D eigenvalue weighted by atomic mass is 16.5. The second kappa shape index (κ2) is 7.71. The third-order valence-corrected chi connectivity index (χ3v) is 3.94. The highest BCUT2D eigenvalue weighted by Gasteiger charge is 2.13. The first-order valence-corrected chi connectivity index (χ1v) is 8.17. The van der Waals surface area contributed by atoms with E-state index in [1.165, 1.54) is 0 Å². The van der Waals surface area contributed by atoms with E-state index < -0.39 is 5.97 Å². The molecule has 0 aromatic heterocycles. The van der Waals surface area contributed by atoms with Gasteiger partial charge in [-0.25, -0.2) is 4.79 Å². The molecule has 3 rings (SSSR count). The molecule has 0 bridgehead atoms. The Bertz CT molecular complexity index is 881. The van der Waals surface area contributed by atoms with Gasteiger partial charge >= 0.3 is 5.97 Å². The minimum absolute atomic E-state index is 0.218. The molecule has 0 aliphatic rings. The Morgan fingerprint density at radius 2 is 1.76 bits per heavy atom. The largest absolute Gasteiger partial charge is 0.493 e. The van der Waals surface area contributed by atoms with E-state index >= 15 is 0 Å². The number of esters is 1. The Kier molecular flexibility index (Phi) is 5.19. The molecule has 0 aliphatic heterocycles. The lowest BCUT2D eigenvalue weighted by Crippen LogP contribution is -2.06. The van der Waals surface area contributed by atoms with Crippen LogP contribution in [0.5, 0.6) is 11.5 Å². The van der Waals surface area contributed by atoms with Gasteiger partial charge < -0.3 is 14.2 Å². The summed E-state index contributed by atoms with van der Waals surface area (Å²) in [6.45, 7) is 2.64. The average molecular weight is 336 g/mol. The number of fused-ring (bicyclic) bond motifs is 1. The van der Waals surface area contributed by atoms with Gasteiger partial charge in [-0.3, -0.25) is 0 Å². The summed E-state index contributed by atoms with van der Waals surface area (Å²) in [6, 6.07) is 19.0. The molecule has 25 heavy (non-hydrogen) atoms. The van der Waals surface area contributed by atoms with Crippen LogP contribution in [-0.2, 0) is 11.3 Å². The summed E-state index contributed by atoms with van der Waals surface area (Å²) < 4.78 is 16.2. The minimum Gasteiger partial charge on any atom is -0.493 e. The number of hydrogen-bond donors (Lipinski definition) is 0. The normalized spacial score (nSPS) is 10.5. The summed E-state index contributed by atoms with van der Waals surface area (Å²) in [5, 5.41) is 2.21. The van der Waals surface area contributed by atoms with E-state index in [4.69, 9.17) is 14.2 Å². The lowest BCUT2D eigenvalue weighted by molar-refractivity contribution is 0.0474. The maximum absolute atomic E-state index is 12.4. The molecule has 0 saturated carbocycles. The summed E-state index contributed by atoms with van der Waals surface area (Å²) in [4.78, 5) is 12.4. The standard InChI is InChI=1S/C21H20O4/c1-3-24-19-12-11-16(13-20(19)23-2)21(22)25-14-17-9-6-8-15-7-4-5-10-18(15)17/h4-13H,3,14H2,1-2H3. The number of carbonyl (C=O) groups excluding carboxylic acids is 1. The van der Waals surface area contributed by atoms with E-state index in [9.17, 15) is 4.79 Å². The monoisotopic (exact) mass is 336 g/mol. The predicted octanol–water partition coefficient (Wildman–Crippen LogP) is 4.60. The van der Waals surface area contributed by atoms with Gasteiger partial charge in [0.25, 0.3) is 0 Å². The van der Waals surface area contributed by atoms with Crippen LogP contribution in [0.1, 0.15) is 22.8 Å². The maximum atomic E-state index is 12.4. The quantitative estimate of drug-likeness (QED) is 0.617. The molecule has 3 aromatic rings. The zero-order valence-corrected chi connectivity index (χ0v) is 14.3. The van der Waals surface area contributed by atoms with E-state index in [0.29, 0.717) is 23.7 Å². The average Bonchev–Trinajstić information content (AvgIpc) is 2.66. The Hall–Kier alpha value is -3.01. The molecule has 4 heteroatoms. The third kappa shape index (κ3) is 3.74. The number of rotatable bonds is 6. The first-order chi connectivity index (χ1) is 12.2. The van der Waals surface area contributed by atoms with Crippen LogP contribution < -0.4 is 9.47 Å². The van der Waals surface area contributed by atoms with Crippen molar-refractivity contribution in [1.82, 2.24) is 0 Å². The molecule has 3 aromatic carbocycles. The lowest BCUT2D eigenvalue weighted by Gasteiger charge is -2.11. The molecule has 0 N–H and O–H groups in total. The number of ether oxygens (including phenoxy) is 3. The number of methoxy groups -OCH3 is 1. The molecule has 0 heterocycles. The number of carbonyl (C=O) groups is 1. The number of benzene rings is 3. The van der Waals surface area contributed by atoms with Crippen LogP contribution >= 0.6 is 0 Å². The highest BCUT2D eigenvalue weighted by molar-refractivity contribution is 5.91. The fourth-order valence-corrected chi connectivity index (χ4v) is 2.71. The van der Waals surface area contributed by atoms with Crippen molar-refractivity contribution in [1.29, 1.82) is 0 Å². The van der Waals surface area contributed by atoms with Gasteiger partial charge in [0.2, 0.25) is 0 Å². The summed E-state index contributed by atoms with van der Waals surface area (Å²) in [5.74, 6) is 0.728. The molecular weight excluding hydrogens is 316 g/mol. The Morgan fingerprint density at radius 3 is 2.56 bits per heavy atom. The first-order valence-electron chi connectivity index (χ1n) is 8.17. The van der Waals surface area contributed by atoms with Gasteiger partial charge in [0.15, 0.2) is 11.5 Å². The van der Waals surface area contributed by atoms with Gasteiger partial charge in [0.05, 0.1) is 19.3 Å². The van der Waals surface area contributed by atoms with Crippen LogP contribution in [0.2, 0.25) is 0 Å². The second-order valence-electron chi connectivity index (χ2n) is 5.51. The van der Waals surface area contributed by atoms with Crippen LogP contribution in [0.15, 0.2) is 60.7 Å². The van der Waals surface area contributed by atoms with E-state index in [2.05, 4.69) is 0 Å². The molecule has 0 unspecified atom stereocenters. The SMILES string of the molecule is CCOc1ccc(C(=O)OCc2cccc3ccccc23)cc1OC. The molecule has 0 spiro atoms. The fourth-order valence-electron chi connectivity index (χ4n) is 2.71. The molecule has 128 valence electrons. The van der Waals surface area contributed by atoms with E-state index in [1.807, 2.05) is 49.4 Å². The molecule has 0 atom stereocenters. The number of hydrogen-bond acceptors (Lipinski definition) is 4. The van der Waals surface area contributed by atoms with Crippen molar-refractivity contribution in [3.63, 3.8) is 0 Å². The van der Waals surface area contributed by atoms with Gasteiger partial charge in [-0.2, -0.15) is 0 Å². The topological polar surface area (TPSA) is 44.8 Å². The molecular formula is C21H20O4. The van der Waals surface area contributed by atoms with E-state index in [1.54, 1.807) is 25.3 Å². The predicted molar refractivity (Wildman–Crippen MR) is 97.2 cm³/mol. The molecule has 4 nitrogen and oxygen atoms in total. The van der Waals surface area contributed by atoms with Crippen molar-refractivity contribution in [2.45, 2.75) is 13.5 Å². The molecule has 0 amide bonds. The van der Waals surface area contributed by atoms with Crippen molar-refractivity contribution in [2.24, 2.45) is 0 Å². The summed E-state index contributed by atoms with van der Waals surface area (Å²) in [5.41, 5.74) is 1.41. The van der Waals surface area contributed by atoms with Gasteiger partial charge in [0, 0.05) is 0 Å². The van der Waals surface area contributed by atoms with Crippen LogP contribution in [0.3, 0.4) is 0 Å². The van der Waals surface area contributed by atoms with Crippen LogP contribution in [0.4, 0.5) is 0 Å². The summed E-state index contributed by atoms with van der Waals surface area (Å²) >= 11 is 0. The van der Waals surface area contributed by atoms with Crippen molar-refractivity contribution < 1.29 is 19.0 Å². The van der Waals surface area contributed by atoms with Gasteiger partial charge in [-0.1, -0.05) is 42.5 Å². The molecule has 0 radical (unpaired) electrons.